The first kappa shape index (κ1) is 18.6. The molecule has 2 aliphatic rings. The molecule has 8 nitrogen and oxygen atoms in total. The van der Waals surface area contributed by atoms with E-state index in [1.807, 2.05) is 24.3 Å². The zero-order chi connectivity index (χ0) is 20.5. The lowest BCUT2D eigenvalue weighted by Crippen LogP contribution is -2.43. The summed E-state index contributed by atoms with van der Waals surface area (Å²) in [7, 11) is 0. The van der Waals surface area contributed by atoms with Crippen LogP contribution in [0.2, 0.25) is 0 Å². The van der Waals surface area contributed by atoms with Gasteiger partial charge in [0.1, 0.15) is 11.5 Å². The number of phenols is 2. The molecule has 0 saturated carbocycles. The van der Waals surface area contributed by atoms with Crippen molar-refractivity contribution in [2.45, 2.75) is 12.8 Å². The Kier molecular flexibility index (Phi) is 4.84. The molecule has 0 aliphatic carbocycles. The topological polar surface area (TPSA) is 103 Å². The Morgan fingerprint density at radius 1 is 0.967 bits per heavy atom. The molecule has 8 heteroatoms. The SMILES string of the molecule is Oc1cc(O)c(-c2[nH]ncc2N2CCNCC2)cc1CCc1ccc2c(c1)OCO2. The molecule has 3 heterocycles. The second kappa shape index (κ2) is 7.79. The quantitative estimate of drug-likeness (QED) is 0.514. The molecule has 0 spiro atoms. The Labute approximate surface area is 174 Å². The highest BCUT2D eigenvalue weighted by Gasteiger charge is 2.20. The zero-order valence-electron chi connectivity index (χ0n) is 16.5. The van der Waals surface area contributed by atoms with Crippen molar-refractivity contribution in [1.82, 2.24) is 15.5 Å². The maximum Gasteiger partial charge on any atom is 0.231 e. The van der Waals surface area contributed by atoms with Gasteiger partial charge in [-0.2, -0.15) is 5.10 Å². The van der Waals surface area contributed by atoms with E-state index in [9.17, 15) is 10.2 Å². The van der Waals surface area contributed by atoms with Crippen molar-refractivity contribution in [1.29, 1.82) is 0 Å². The second-order valence-electron chi connectivity index (χ2n) is 7.55. The van der Waals surface area contributed by atoms with Crippen LogP contribution in [0.4, 0.5) is 5.69 Å². The number of aryl methyl sites for hydroxylation is 2. The average Bonchev–Trinajstić information content (AvgIpc) is 3.43. The number of phenolic OH excluding ortho intramolecular Hbond substituents is 2. The summed E-state index contributed by atoms with van der Waals surface area (Å²) in [6.07, 6.45) is 3.14. The first-order valence-corrected chi connectivity index (χ1v) is 10.1. The molecule has 4 N–H and O–H groups in total. The van der Waals surface area contributed by atoms with E-state index in [4.69, 9.17) is 9.47 Å². The third kappa shape index (κ3) is 3.50. The molecule has 3 aromatic rings. The molecule has 2 aliphatic heterocycles. The van der Waals surface area contributed by atoms with E-state index in [-0.39, 0.29) is 18.3 Å². The van der Waals surface area contributed by atoms with E-state index in [0.717, 1.165) is 66.6 Å². The van der Waals surface area contributed by atoms with Crippen LogP contribution in [0.15, 0.2) is 36.5 Å². The summed E-state index contributed by atoms with van der Waals surface area (Å²) in [5, 5.41) is 31.5. The van der Waals surface area contributed by atoms with Crippen molar-refractivity contribution in [3.05, 3.63) is 47.7 Å². The monoisotopic (exact) mass is 408 g/mol. The molecule has 0 radical (unpaired) electrons. The number of fused-ring (bicyclic) bond motifs is 1. The van der Waals surface area contributed by atoms with Crippen LogP contribution in [-0.4, -0.2) is 53.4 Å². The van der Waals surface area contributed by atoms with Crippen LogP contribution in [0.3, 0.4) is 0 Å². The molecule has 30 heavy (non-hydrogen) atoms. The number of aromatic nitrogens is 2. The van der Waals surface area contributed by atoms with Gasteiger partial charge in [-0.05, 0) is 42.2 Å². The van der Waals surface area contributed by atoms with Crippen LogP contribution in [0.5, 0.6) is 23.0 Å². The van der Waals surface area contributed by atoms with E-state index in [1.165, 1.54) is 6.07 Å². The van der Waals surface area contributed by atoms with Gasteiger partial charge < -0.3 is 29.9 Å². The Bertz CT molecular complexity index is 1060. The van der Waals surface area contributed by atoms with Gasteiger partial charge in [0, 0.05) is 37.8 Å². The summed E-state index contributed by atoms with van der Waals surface area (Å²) in [6, 6.07) is 9.13. The zero-order valence-corrected chi connectivity index (χ0v) is 16.5. The Morgan fingerprint density at radius 3 is 2.67 bits per heavy atom. The number of H-pyrrole nitrogens is 1. The number of anilines is 1. The van der Waals surface area contributed by atoms with Gasteiger partial charge in [0.25, 0.3) is 0 Å². The summed E-state index contributed by atoms with van der Waals surface area (Å²) < 4.78 is 10.8. The van der Waals surface area contributed by atoms with E-state index in [0.29, 0.717) is 12.0 Å². The van der Waals surface area contributed by atoms with Crippen molar-refractivity contribution in [2.24, 2.45) is 0 Å². The number of ether oxygens (including phenoxy) is 2. The molecule has 0 bridgehead atoms. The molecule has 5 rings (SSSR count). The van der Waals surface area contributed by atoms with Crippen LogP contribution < -0.4 is 19.7 Å². The maximum atomic E-state index is 10.5. The fraction of sp³-hybridized carbons (Fsp3) is 0.318. The molecular weight excluding hydrogens is 384 g/mol. The minimum absolute atomic E-state index is 0.0277. The molecule has 1 saturated heterocycles. The average molecular weight is 408 g/mol. The van der Waals surface area contributed by atoms with Crippen LogP contribution >= 0.6 is 0 Å². The van der Waals surface area contributed by atoms with Gasteiger partial charge >= 0.3 is 0 Å². The maximum absolute atomic E-state index is 10.5. The molecule has 156 valence electrons. The molecule has 0 unspecified atom stereocenters. The van der Waals surface area contributed by atoms with Gasteiger partial charge in [0.2, 0.25) is 6.79 Å². The first-order chi connectivity index (χ1) is 14.7. The largest absolute Gasteiger partial charge is 0.508 e. The lowest BCUT2D eigenvalue weighted by Gasteiger charge is -2.29. The highest BCUT2D eigenvalue weighted by atomic mass is 16.7. The highest BCUT2D eigenvalue weighted by molar-refractivity contribution is 5.80. The van der Waals surface area contributed by atoms with E-state index in [1.54, 1.807) is 6.20 Å². The summed E-state index contributed by atoms with van der Waals surface area (Å²) in [5.41, 5.74) is 4.22. The fourth-order valence-corrected chi connectivity index (χ4v) is 4.02. The molecular formula is C22H24N4O4. The normalized spacial score (nSPS) is 15.5. The van der Waals surface area contributed by atoms with Gasteiger partial charge in [-0.15, -0.1) is 0 Å². The number of piperazine rings is 1. The Hall–Kier alpha value is -3.39. The van der Waals surface area contributed by atoms with Crippen LogP contribution in [0.1, 0.15) is 11.1 Å². The fourth-order valence-electron chi connectivity index (χ4n) is 4.02. The van der Waals surface area contributed by atoms with Gasteiger partial charge in [0.05, 0.1) is 17.6 Å². The number of rotatable bonds is 5. The Balaban J connectivity index is 1.40. The molecule has 1 fully saturated rings. The van der Waals surface area contributed by atoms with Gasteiger partial charge in [0.15, 0.2) is 11.5 Å². The minimum Gasteiger partial charge on any atom is -0.508 e. The van der Waals surface area contributed by atoms with Crippen molar-refractivity contribution in [3.8, 4) is 34.3 Å². The van der Waals surface area contributed by atoms with Crippen molar-refractivity contribution in [2.75, 3.05) is 37.9 Å². The third-order valence-electron chi connectivity index (χ3n) is 5.66. The van der Waals surface area contributed by atoms with Crippen molar-refractivity contribution in [3.63, 3.8) is 0 Å². The van der Waals surface area contributed by atoms with Gasteiger partial charge in [-0.1, -0.05) is 6.07 Å². The van der Waals surface area contributed by atoms with Crippen molar-refractivity contribution < 1.29 is 19.7 Å². The lowest BCUT2D eigenvalue weighted by molar-refractivity contribution is 0.174. The number of hydrogen-bond acceptors (Lipinski definition) is 7. The van der Waals surface area contributed by atoms with Crippen LogP contribution in [0.25, 0.3) is 11.3 Å². The predicted molar refractivity (Wildman–Crippen MR) is 112 cm³/mol. The highest BCUT2D eigenvalue weighted by Crippen LogP contribution is 2.39. The van der Waals surface area contributed by atoms with Crippen LogP contribution in [-0.2, 0) is 12.8 Å². The molecule has 2 aromatic carbocycles. The smallest absolute Gasteiger partial charge is 0.231 e. The molecule has 0 amide bonds. The predicted octanol–water partition coefficient (Wildman–Crippen LogP) is 2.41. The number of benzene rings is 2. The van der Waals surface area contributed by atoms with E-state index in [2.05, 4.69) is 20.4 Å². The summed E-state index contributed by atoms with van der Waals surface area (Å²) in [6.45, 7) is 3.82. The number of aromatic amines is 1. The third-order valence-corrected chi connectivity index (χ3v) is 5.66. The van der Waals surface area contributed by atoms with Crippen molar-refractivity contribution >= 4 is 5.69 Å². The second-order valence-corrected chi connectivity index (χ2v) is 7.55. The van der Waals surface area contributed by atoms with Crippen LogP contribution in [0, 0.1) is 0 Å². The van der Waals surface area contributed by atoms with Gasteiger partial charge in [-0.25, -0.2) is 0 Å². The number of aromatic hydroxyl groups is 2. The van der Waals surface area contributed by atoms with Gasteiger partial charge in [-0.3, -0.25) is 5.10 Å². The number of nitrogens with one attached hydrogen (secondary N) is 2. The summed E-state index contributed by atoms with van der Waals surface area (Å²) in [5.74, 6) is 1.62. The Morgan fingerprint density at radius 2 is 1.80 bits per heavy atom. The lowest BCUT2D eigenvalue weighted by atomic mass is 9.99. The first-order valence-electron chi connectivity index (χ1n) is 10.1. The number of hydrogen-bond donors (Lipinski definition) is 4. The number of nitrogens with zero attached hydrogens (tertiary/aromatic N) is 2. The summed E-state index contributed by atoms with van der Waals surface area (Å²) >= 11 is 0. The standard InChI is InChI=1S/C22H24N4O4/c27-18-11-19(28)16(22-17(12-24-25-22)26-7-5-23-6-8-26)10-15(18)3-1-14-2-4-20-21(9-14)30-13-29-20/h2,4,9-12,23,27-28H,1,3,5-8,13H2,(H,24,25). The molecule has 1 aromatic heterocycles. The molecule has 0 atom stereocenters. The van der Waals surface area contributed by atoms with E-state index < -0.39 is 0 Å². The van der Waals surface area contributed by atoms with E-state index >= 15 is 0 Å². The minimum atomic E-state index is 0.0277. The summed E-state index contributed by atoms with van der Waals surface area (Å²) in [4.78, 5) is 2.24.